The molecule has 25 heavy (non-hydrogen) atoms. The van der Waals surface area contributed by atoms with Crippen molar-refractivity contribution in [3.8, 4) is 11.5 Å². The average Bonchev–Trinajstić information content (AvgIpc) is 3.09. The first-order valence-corrected chi connectivity index (χ1v) is 7.99. The summed E-state index contributed by atoms with van der Waals surface area (Å²) in [5, 5.41) is 2.93. The lowest BCUT2D eigenvalue weighted by atomic mass is 10.1. The highest BCUT2D eigenvalue weighted by Gasteiger charge is 2.07. The van der Waals surface area contributed by atoms with Gasteiger partial charge in [0.25, 0.3) is 0 Å². The summed E-state index contributed by atoms with van der Waals surface area (Å²) in [5.41, 5.74) is 3.45. The predicted molar refractivity (Wildman–Crippen MR) is 94.0 cm³/mol. The highest BCUT2D eigenvalue weighted by molar-refractivity contribution is 5.80. The second-order valence-electron chi connectivity index (χ2n) is 5.62. The number of aromatic nitrogens is 1. The van der Waals surface area contributed by atoms with Gasteiger partial charge in [0.15, 0.2) is 23.5 Å². The molecule has 0 spiro atoms. The van der Waals surface area contributed by atoms with E-state index in [0.717, 1.165) is 16.6 Å². The molecule has 1 heterocycles. The van der Waals surface area contributed by atoms with Gasteiger partial charge < -0.3 is 19.2 Å². The Hall–Kier alpha value is -3.02. The van der Waals surface area contributed by atoms with Crippen LogP contribution in [0.4, 0.5) is 0 Å². The summed E-state index contributed by atoms with van der Waals surface area (Å²) in [6.07, 6.45) is 2.42. The van der Waals surface area contributed by atoms with Crippen LogP contribution in [0.1, 0.15) is 11.1 Å². The van der Waals surface area contributed by atoms with Crippen LogP contribution in [0.15, 0.2) is 47.2 Å². The maximum Gasteiger partial charge on any atom is 0.224 e. The number of oxazole rings is 1. The number of carbonyl (C=O) groups excluding carboxylic acids is 1. The average molecular weight is 340 g/mol. The van der Waals surface area contributed by atoms with Gasteiger partial charge in [0.2, 0.25) is 5.91 Å². The van der Waals surface area contributed by atoms with Crippen molar-refractivity contribution in [2.75, 3.05) is 20.8 Å². The standard InChI is InChI=1S/C19H20N2O4/c1-23-16-6-4-13(9-18(16)24-2)7-8-20-19(22)11-14-3-5-15-17(10-14)25-12-21-15/h3-6,9-10,12H,7-8,11H2,1-2H3,(H,20,22). The Bertz CT molecular complexity index is 873. The Labute approximate surface area is 145 Å². The van der Waals surface area contributed by atoms with Gasteiger partial charge in [-0.1, -0.05) is 12.1 Å². The zero-order valence-corrected chi connectivity index (χ0v) is 14.2. The molecule has 0 aliphatic carbocycles. The van der Waals surface area contributed by atoms with Crippen molar-refractivity contribution in [3.05, 3.63) is 53.9 Å². The van der Waals surface area contributed by atoms with Crippen LogP contribution >= 0.6 is 0 Å². The van der Waals surface area contributed by atoms with Gasteiger partial charge in [-0.25, -0.2) is 4.98 Å². The van der Waals surface area contributed by atoms with E-state index in [0.29, 0.717) is 36.5 Å². The molecule has 1 N–H and O–H groups in total. The van der Waals surface area contributed by atoms with Gasteiger partial charge in [-0.2, -0.15) is 0 Å². The lowest BCUT2D eigenvalue weighted by Crippen LogP contribution is -2.27. The molecule has 0 aliphatic heterocycles. The molecule has 130 valence electrons. The van der Waals surface area contributed by atoms with Crippen LogP contribution in [0.2, 0.25) is 0 Å². The first kappa shape index (κ1) is 16.8. The van der Waals surface area contributed by atoms with E-state index in [1.807, 2.05) is 36.4 Å². The molecular weight excluding hydrogens is 320 g/mol. The molecular formula is C19H20N2O4. The van der Waals surface area contributed by atoms with Gasteiger partial charge in [0.1, 0.15) is 5.52 Å². The fourth-order valence-corrected chi connectivity index (χ4v) is 2.64. The van der Waals surface area contributed by atoms with Crippen molar-refractivity contribution in [3.63, 3.8) is 0 Å². The van der Waals surface area contributed by atoms with Gasteiger partial charge in [-0.05, 0) is 41.8 Å². The predicted octanol–water partition coefficient (Wildman–Crippen LogP) is 2.75. The van der Waals surface area contributed by atoms with Crippen LogP contribution in [-0.2, 0) is 17.6 Å². The molecule has 0 atom stereocenters. The summed E-state index contributed by atoms with van der Waals surface area (Å²) < 4.78 is 15.8. The number of carbonyl (C=O) groups is 1. The van der Waals surface area contributed by atoms with Gasteiger partial charge in [0, 0.05) is 6.54 Å². The molecule has 0 unspecified atom stereocenters. The molecule has 6 heteroatoms. The summed E-state index contributed by atoms with van der Waals surface area (Å²) >= 11 is 0. The van der Waals surface area contributed by atoms with Gasteiger partial charge >= 0.3 is 0 Å². The molecule has 3 rings (SSSR count). The first-order chi connectivity index (χ1) is 12.2. The normalized spacial score (nSPS) is 10.6. The highest BCUT2D eigenvalue weighted by Crippen LogP contribution is 2.27. The Kier molecular flexibility index (Phi) is 5.18. The van der Waals surface area contributed by atoms with E-state index in [4.69, 9.17) is 13.9 Å². The number of rotatable bonds is 7. The third-order valence-corrected chi connectivity index (χ3v) is 3.94. The Morgan fingerprint density at radius 2 is 1.88 bits per heavy atom. The van der Waals surface area contributed by atoms with Crippen molar-refractivity contribution in [2.24, 2.45) is 0 Å². The minimum Gasteiger partial charge on any atom is -0.493 e. The van der Waals surface area contributed by atoms with Crippen molar-refractivity contribution in [2.45, 2.75) is 12.8 Å². The zero-order valence-electron chi connectivity index (χ0n) is 14.2. The summed E-state index contributed by atoms with van der Waals surface area (Å²) in [6.45, 7) is 0.554. The van der Waals surface area contributed by atoms with Crippen molar-refractivity contribution in [1.29, 1.82) is 0 Å². The fourth-order valence-electron chi connectivity index (χ4n) is 2.64. The van der Waals surface area contributed by atoms with E-state index < -0.39 is 0 Å². The molecule has 0 radical (unpaired) electrons. The maximum absolute atomic E-state index is 12.1. The molecule has 0 saturated carbocycles. The van der Waals surface area contributed by atoms with E-state index in [1.165, 1.54) is 6.39 Å². The second-order valence-corrected chi connectivity index (χ2v) is 5.62. The number of benzene rings is 2. The van der Waals surface area contributed by atoms with E-state index in [9.17, 15) is 4.79 Å². The third kappa shape index (κ3) is 4.09. The summed E-state index contributed by atoms with van der Waals surface area (Å²) in [4.78, 5) is 16.2. The largest absolute Gasteiger partial charge is 0.493 e. The summed E-state index contributed by atoms with van der Waals surface area (Å²) in [5.74, 6) is 1.35. The minimum absolute atomic E-state index is 0.0284. The SMILES string of the molecule is COc1ccc(CCNC(=O)Cc2ccc3ncoc3c2)cc1OC. The first-order valence-electron chi connectivity index (χ1n) is 7.99. The lowest BCUT2D eigenvalue weighted by Gasteiger charge is -2.10. The quantitative estimate of drug-likeness (QED) is 0.716. The summed E-state index contributed by atoms with van der Waals surface area (Å²) in [6, 6.07) is 11.3. The van der Waals surface area contributed by atoms with E-state index >= 15 is 0 Å². The van der Waals surface area contributed by atoms with Crippen LogP contribution in [0, 0.1) is 0 Å². The van der Waals surface area contributed by atoms with Gasteiger partial charge in [-0.3, -0.25) is 4.79 Å². The molecule has 1 amide bonds. The monoisotopic (exact) mass is 340 g/mol. The second kappa shape index (κ2) is 7.70. The number of fused-ring (bicyclic) bond motifs is 1. The van der Waals surface area contributed by atoms with Crippen molar-refractivity contribution >= 4 is 17.0 Å². The topological polar surface area (TPSA) is 73.6 Å². The third-order valence-electron chi connectivity index (χ3n) is 3.94. The van der Waals surface area contributed by atoms with Crippen LogP contribution in [0.5, 0.6) is 11.5 Å². The maximum atomic E-state index is 12.1. The number of nitrogens with one attached hydrogen (secondary N) is 1. The van der Waals surface area contributed by atoms with E-state index in [1.54, 1.807) is 14.2 Å². The number of hydrogen-bond acceptors (Lipinski definition) is 5. The number of ether oxygens (including phenoxy) is 2. The van der Waals surface area contributed by atoms with Gasteiger partial charge in [-0.15, -0.1) is 0 Å². The van der Waals surface area contributed by atoms with Crippen LogP contribution < -0.4 is 14.8 Å². The lowest BCUT2D eigenvalue weighted by molar-refractivity contribution is -0.120. The Morgan fingerprint density at radius 1 is 1.08 bits per heavy atom. The van der Waals surface area contributed by atoms with Crippen LogP contribution in [-0.4, -0.2) is 31.7 Å². The molecule has 6 nitrogen and oxygen atoms in total. The smallest absolute Gasteiger partial charge is 0.224 e. The summed E-state index contributed by atoms with van der Waals surface area (Å²) in [7, 11) is 3.21. The van der Waals surface area contributed by atoms with Crippen LogP contribution in [0.25, 0.3) is 11.1 Å². The molecule has 2 aromatic carbocycles. The van der Waals surface area contributed by atoms with Crippen molar-refractivity contribution in [1.82, 2.24) is 10.3 Å². The Balaban J connectivity index is 1.52. The molecule has 0 fully saturated rings. The van der Waals surface area contributed by atoms with E-state index in [-0.39, 0.29) is 5.91 Å². The number of methoxy groups -OCH3 is 2. The van der Waals surface area contributed by atoms with Crippen LogP contribution in [0.3, 0.4) is 0 Å². The number of nitrogens with zero attached hydrogens (tertiary/aromatic N) is 1. The Morgan fingerprint density at radius 3 is 2.68 bits per heavy atom. The minimum atomic E-state index is -0.0284. The van der Waals surface area contributed by atoms with Crippen molar-refractivity contribution < 1.29 is 18.7 Å². The fraction of sp³-hybridized carbons (Fsp3) is 0.263. The number of amides is 1. The zero-order chi connectivity index (χ0) is 17.6. The van der Waals surface area contributed by atoms with E-state index in [2.05, 4.69) is 10.3 Å². The van der Waals surface area contributed by atoms with Gasteiger partial charge in [0.05, 0.1) is 20.6 Å². The molecule has 0 aliphatic rings. The molecule has 0 saturated heterocycles. The molecule has 3 aromatic rings. The molecule has 1 aromatic heterocycles. The molecule has 0 bridgehead atoms. The number of hydrogen-bond donors (Lipinski definition) is 1. The highest BCUT2D eigenvalue weighted by atomic mass is 16.5.